The fraction of sp³-hybridized carbons (Fsp3) is 0.480. The van der Waals surface area contributed by atoms with Gasteiger partial charge in [-0.15, -0.1) is 0 Å². The summed E-state index contributed by atoms with van der Waals surface area (Å²) in [5.41, 5.74) is 1.59. The Morgan fingerprint density at radius 2 is 1.94 bits per heavy atom. The zero-order chi connectivity index (χ0) is 22.1. The Bertz CT molecular complexity index is 839. The van der Waals surface area contributed by atoms with E-state index in [1.165, 1.54) is 19.3 Å². The normalized spacial score (nSPS) is 16.5. The molecule has 168 valence electrons. The second-order valence-electron chi connectivity index (χ2n) is 8.38. The number of hydrogen-bond acceptors (Lipinski definition) is 4. The third kappa shape index (κ3) is 7.53. The van der Waals surface area contributed by atoms with Crippen LogP contribution in [0.5, 0.6) is 5.75 Å². The summed E-state index contributed by atoms with van der Waals surface area (Å²) < 4.78 is 5.27. The first-order valence-corrected chi connectivity index (χ1v) is 11.5. The van der Waals surface area contributed by atoms with Gasteiger partial charge in [0.1, 0.15) is 5.75 Å². The van der Waals surface area contributed by atoms with Crippen molar-refractivity contribution >= 4 is 17.5 Å². The summed E-state index contributed by atoms with van der Waals surface area (Å²) in [4.78, 5) is 12.8. The van der Waals surface area contributed by atoms with E-state index in [1.54, 1.807) is 31.4 Å². The van der Waals surface area contributed by atoms with Crippen molar-refractivity contribution in [3.63, 3.8) is 0 Å². The molecule has 0 saturated heterocycles. The van der Waals surface area contributed by atoms with E-state index in [1.807, 2.05) is 24.3 Å². The van der Waals surface area contributed by atoms with Crippen molar-refractivity contribution in [1.29, 1.82) is 0 Å². The van der Waals surface area contributed by atoms with Gasteiger partial charge in [0, 0.05) is 23.7 Å². The van der Waals surface area contributed by atoms with Gasteiger partial charge in [-0.2, -0.15) is 0 Å². The molecule has 0 bridgehead atoms. The van der Waals surface area contributed by atoms with Crippen LogP contribution in [0.2, 0.25) is 5.02 Å². The number of halogens is 1. The van der Waals surface area contributed by atoms with Gasteiger partial charge in [0.25, 0.3) is 5.91 Å². The Kier molecular flexibility index (Phi) is 9.19. The minimum absolute atomic E-state index is 0.199. The fourth-order valence-electron chi connectivity index (χ4n) is 4.26. The first kappa shape index (κ1) is 23.6. The van der Waals surface area contributed by atoms with E-state index in [0.29, 0.717) is 29.6 Å². The van der Waals surface area contributed by atoms with Crippen molar-refractivity contribution in [3.05, 3.63) is 64.7 Å². The average Bonchev–Trinajstić information content (AvgIpc) is 2.79. The fourth-order valence-corrected chi connectivity index (χ4v) is 4.45. The number of benzene rings is 2. The number of nitrogens with one attached hydrogen (secondary N) is 2. The number of carbonyl (C=O) groups excluding carboxylic acids is 1. The standard InChI is InChI=1S/C25H33ClN2O3/c1-31-22-12-5-9-19(13-22)16-27-17-24(29)23(14-18-7-3-2-4-8-18)28-25(30)20-10-6-11-21(26)15-20/h5-6,9-13,15,18,23-24,27,29H,2-4,7-8,14,16-17H2,1H3,(H,28,30)/t23-,24-/m0/s1. The van der Waals surface area contributed by atoms with Crippen LogP contribution < -0.4 is 15.4 Å². The monoisotopic (exact) mass is 444 g/mol. The topological polar surface area (TPSA) is 70.6 Å². The molecule has 1 aliphatic carbocycles. The number of amides is 1. The maximum Gasteiger partial charge on any atom is 0.251 e. The molecule has 31 heavy (non-hydrogen) atoms. The number of carbonyl (C=O) groups is 1. The van der Waals surface area contributed by atoms with Crippen LogP contribution in [-0.4, -0.2) is 36.8 Å². The number of hydrogen-bond donors (Lipinski definition) is 3. The number of ether oxygens (including phenoxy) is 1. The zero-order valence-corrected chi connectivity index (χ0v) is 18.9. The van der Waals surface area contributed by atoms with Crippen LogP contribution in [0.1, 0.15) is 54.4 Å². The summed E-state index contributed by atoms with van der Waals surface area (Å²) in [6.45, 7) is 1.01. The first-order valence-electron chi connectivity index (χ1n) is 11.1. The molecule has 1 fully saturated rings. The minimum atomic E-state index is -0.685. The molecule has 1 saturated carbocycles. The summed E-state index contributed by atoms with van der Waals surface area (Å²) in [6, 6.07) is 14.4. The lowest BCUT2D eigenvalue weighted by molar-refractivity contribution is 0.0777. The summed E-state index contributed by atoms with van der Waals surface area (Å²) in [5, 5.41) is 17.8. The van der Waals surface area contributed by atoms with E-state index >= 15 is 0 Å². The lowest BCUT2D eigenvalue weighted by atomic mass is 9.83. The van der Waals surface area contributed by atoms with Gasteiger partial charge in [-0.1, -0.05) is 61.9 Å². The molecule has 0 spiro atoms. The zero-order valence-electron chi connectivity index (χ0n) is 18.1. The highest BCUT2D eigenvalue weighted by Gasteiger charge is 2.26. The summed E-state index contributed by atoms with van der Waals surface area (Å²) in [5.74, 6) is 1.14. The molecule has 1 amide bonds. The van der Waals surface area contributed by atoms with Crippen LogP contribution in [0.15, 0.2) is 48.5 Å². The van der Waals surface area contributed by atoms with Crippen molar-refractivity contribution in [3.8, 4) is 5.75 Å². The third-order valence-corrected chi connectivity index (χ3v) is 6.23. The van der Waals surface area contributed by atoms with Gasteiger partial charge in [-0.05, 0) is 48.2 Å². The van der Waals surface area contributed by atoms with E-state index in [2.05, 4.69) is 10.6 Å². The van der Waals surface area contributed by atoms with E-state index in [0.717, 1.165) is 30.6 Å². The quantitative estimate of drug-likeness (QED) is 0.502. The molecule has 0 aromatic heterocycles. The number of methoxy groups -OCH3 is 1. The molecular weight excluding hydrogens is 412 g/mol. The van der Waals surface area contributed by atoms with Gasteiger partial charge in [0.2, 0.25) is 0 Å². The van der Waals surface area contributed by atoms with Crippen molar-refractivity contribution in [2.45, 2.75) is 57.2 Å². The van der Waals surface area contributed by atoms with Crippen molar-refractivity contribution in [2.24, 2.45) is 5.92 Å². The molecule has 2 aromatic rings. The van der Waals surface area contributed by atoms with Crippen LogP contribution >= 0.6 is 11.6 Å². The molecule has 0 radical (unpaired) electrons. The molecule has 0 aliphatic heterocycles. The molecule has 2 atom stereocenters. The highest BCUT2D eigenvalue weighted by molar-refractivity contribution is 6.30. The Hall–Kier alpha value is -2.08. The molecular formula is C25H33ClN2O3. The number of aliphatic hydroxyl groups is 1. The number of aliphatic hydroxyl groups excluding tert-OH is 1. The van der Waals surface area contributed by atoms with Crippen LogP contribution in [0.25, 0.3) is 0 Å². The number of rotatable bonds is 10. The molecule has 0 unspecified atom stereocenters. The van der Waals surface area contributed by atoms with E-state index < -0.39 is 6.10 Å². The van der Waals surface area contributed by atoms with Crippen molar-refractivity contribution in [1.82, 2.24) is 10.6 Å². The summed E-state index contributed by atoms with van der Waals surface area (Å²) in [7, 11) is 1.65. The maximum atomic E-state index is 12.8. The highest BCUT2D eigenvalue weighted by atomic mass is 35.5. The Morgan fingerprint density at radius 3 is 2.68 bits per heavy atom. The third-order valence-electron chi connectivity index (χ3n) is 6.00. The molecule has 3 rings (SSSR count). The van der Waals surface area contributed by atoms with E-state index in [4.69, 9.17) is 16.3 Å². The van der Waals surface area contributed by atoms with Gasteiger partial charge in [-0.3, -0.25) is 4.79 Å². The van der Waals surface area contributed by atoms with Crippen LogP contribution in [0.3, 0.4) is 0 Å². The van der Waals surface area contributed by atoms with Gasteiger partial charge in [0.15, 0.2) is 0 Å². The minimum Gasteiger partial charge on any atom is -0.497 e. The molecule has 1 aliphatic rings. The molecule has 6 heteroatoms. The van der Waals surface area contributed by atoms with Gasteiger partial charge >= 0.3 is 0 Å². The largest absolute Gasteiger partial charge is 0.497 e. The predicted molar refractivity (Wildman–Crippen MR) is 125 cm³/mol. The highest BCUT2D eigenvalue weighted by Crippen LogP contribution is 2.28. The van der Waals surface area contributed by atoms with E-state index in [-0.39, 0.29) is 11.9 Å². The molecule has 0 heterocycles. The first-order chi connectivity index (χ1) is 15.0. The van der Waals surface area contributed by atoms with Crippen LogP contribution in [0, 0.1) is 5.92 Å². The second kappa shape index (κ2) is 12.1. The summed E-state index contributed by atoms with van der Waals surface area (Å²) >= 11 is 6.04. The predicted octanol–water partition coefficient (Wildman–Crippen LogP) is 4.57. The molecule has 2 aromatic carbocycles. The Balaban J connectivity index is 1.60. The average molecular weight is 445 g/mol. The Morgan fingerprint density at radius 1 is 1.16 bits per heavy atom. The Labute approximate surface area is 190 Å². The van der Waals surface area contributed by atoms with Gasteiger partial charge < -0.3 is 20.5 Å². The SMILES string of the molecule is COc1cccc(CNC[C@H](O)[C@H](CC2CCCCC2)NC(=O)c2cccc(Cl)c2)c1. The van der Waals surface area contributed by atoms with Crippen LogP contribution in [-0.2, 0) is 6.54 Å². The van der Waals surface area contributed by atoms with E-state index in [9.17, 15) is 9.90 Å². The van der Waals surface area contributed by atoms with Gasteiger partial charge in [0.05, 0.1) is 19.3 Å². The second-order valence-corrected chi connectivity index (χ2v) is 8.82. The lowest BCUT2D eigenvalue weighted by Gasteiger charge is -2.30. The van der Waals surface area contributed by atoms with Crippen LogP contribution in [0.4, 0.5) is 0 Å². The smallest absolute Gasteiger partial charge is 0.251 e. The molecule has 5 nitrogen and oxygen atoms in total. The van der Waals surface area contributed by atoms with Crippen molar-refractivity contribution in [2.75, 3.05) is 13.7 Å². The maximum absolute atomic E-state index is 12.8. The van der Waals surface area contributed by atoms with Gasteiger partial charge in [-0.25, -0.2) is 0 Å². The van der Waals surface area contributed by atoms with Crippen molar-refractivity contribution < 1.29 is 14.6 Å². The summed E-state index contributed by atoms with van der Waals surface area (Å²) in [6.07, 6.45) is 6.15. The molecule has 3 N–H and O–H groups in total. The lowest BCUT2D eigenvalue weighted by Crippen LogP contribution is -2.48.